The number of carbonyl (C=O) groups is 5. The molecule has 5 amide bonds. The minimum Gasteiger partial charge on any atom is -0.358 e. The van der Waals surface area contributed by atoms with Gasteiger partial charge < -0.3 is 48.2 Å². The summed E-state index contributed by atoms with van der Waals surface area (Å²) in [6.07, 6.45) is -20.9. The van der Waals surface area contributed by atoms with Crippen LogP contribution in [0.1, 0.15) is 221 Å². The van der Waals surface area contributed by atoms with Crippen LogP contribution in [-0.4, -0.2) is 216 Å². The Bertz CT molecular complexity index is 7240. The summed E-state index contributed by atoms with van der Waals surface area (Å²) in [4.78, 5) is 80.5. The van der Waals surface area contributed by atoms with Crippen molar-refractivity contribution >= 4 is 115 Å². The smallest absolute Gasteiger partial charge is 0.229 e. The summed E-state index contributed by atoms with van der Waals surface area (Å²) in [5.41, 5.74) is -9.49. The largest absolute Gasteiger partial charge is 0.358 e. The summed E-state index contributed by atoms with van der Waals surface area (Å²) >= 11 is 5.91. The Balaban J connectivity index is 0.000000207. The number of aryl methyl sites for hydroxylation is 3. The van der Waals surface area contributed by atoms with Gasteiger partial charge in [-0.15, -0.1) is 56.7 Å². The van der Waals surface area contributed by atoms with Crippen LogP contribution in [0.4, 0.5) is 28.4 Å². The fraction of sp³-hybridized carbons (Fsp3) is 0.476. The predicted molar refractivity (Wildman–Crippen MR) is 538 cm³/mol. The van der Waals surface area contributed by atoms with Gasteiger partial charge in [-0.1, -0.05) is 156 Å². The van der Waals surface area contributed by atoms with E-state index < -0.39 is 264 Å². The first kappa shape index (κ1) is 54.8. The van der Waals surface area contributed by atoms with Crippen molar-refractivity contribution in [3.63, 3.8) is 0 Å². The first-order chi connectivity index (χ1) is 81.8. The van der Waals surface area contributed by atoms with Gasteiger partial charge in [0.2, 0.25) is 29.5 Å². The number of methoxy groups -OCH3 is 5. The number of anilines is 5. The Morgan fingerprint density at radius 3 is 0.762 bits per heavy atom. The summed E-state index contributed by atoms with van der Waals surface area (Å²) in [7, 11) is -6.27. The van der Waals surface area contributed by atoms with Crippen LogP contribution in [0.2, 0.25) is 0 Å². The number of nitrogens with zero attached hydrogens (tertiary/aromatic N) is 10. The predicted octanol–water partition coefficient (Wildman–Crippen LogP) is 20.9. The molecule has 5 aliphatic heterocycles. The molecule has 700 valence electrons. The molecule has 5 fully saturated rings. The van der Waals surface area contributed by atoms with Gasteiger partial charge in [-0.2, -0.15) is 0 Å². The highest BCUT2D eigenvalue weighted by atomic mass is 32.1. The van der Waals surface area contributed by atoms with Gasteiger partial charge in [0, 0.05) is 315 Å². The van der Waals surface area contributed by atoms with Crippen molar-refractivity contribution in [3.05, 3.63) is 263 Å². The molecule has 5 aromatic heterocycles. The molecule has 0 radical (unpaired) electrons. The monoisotopic (exact) mass is 1910 g/mol. The number of benzene rings is 5. The van der Waals surface area contributed by atoms with Crippen molar-refractivity contribution < 1.29 is 113 Å². The standard InChI is InChI=1S/5C21H28N2O2S/c5*1-3-20(24)23(18-8-5-4-6-9-18)21(25-2)12-15-22(16-13-21)14-11-19-10-7-17-26-19/h5*4-10,17H,3,11-16H2,1-2H3/i3D2,4D,5D,6D,8D,9D,11D2,14D2;2D3,4D,5D,6D,8D,9D,11D2,14D2;2D3,3D2,4D,5D,6D,8D,9D,11D2;3D2,11D2,14D2;2D3,3D2,11D2. The fourth-order valence-corrected chi connectivity index (χ4v) is 18.1. The number of ether oxygens (including phenoxy) is 5. The van der Waals surface area contributed by atoms with Crippen molar-refractivity contribution in [2.24, 2.45) is 0 Å². The van der Waals surface area contributed by atoms with E-state index in [1.807, 2.05) is 10.3 Å². The van der Waals surface area contributed by atoms with Gasteiger partial charge in [0.15, 0.2) is 0 Å². The Kier molecular flexibility index (Phi) is 22.0. The lowest BCUT2D eigenvalue weighted by atomic mass is 9.96. The number of carbonyl (C=O) groups excluding carboxylic acids is 5. The maximum atomic E-state index is 13.5. The SMILES string of the molecule is [2H]C([2H])(C)C(=O)N(c1ccccc1)C1(OC)CCN(C([2H])([2H])C([2H])([2H])c2cccs2)CC1.[2H]C([2H])([2H])OC1(N(C(=O)C([2H])([2H])C)c2ccccc2)CCN(CC([2H])([2H])c2cccs2)CC1.[2H]c1c([2H])c([2H])c(N(C(=O)C([2H])([2H])C)C2(OC([2H])([2H])[2H])CCN(CC([2H])([2H])c3cccs3)CC2)c([2H])c1[2H].[2H]c1c([2H])c([2H])c(N(C(=O)C([2H])([2H])C)C2(OC)CCN(C([2H])([2H])C([2H])([2H])c3cccs3)CC2)c([2H])c1[2H].[2H]c1c([2H])c([2H])c(N(C(=O)CC)C2(OC([2H])([2H])[2H])CCN(C([2H])([2H])C([2H])([2H])c3cccs3)CC2)c([2H])c1[2H]. The summed E-state index contributed by atoms with van der Waals surface area (Å²) in [5.74, 6) is -4.89. The molecule has 130 heavy (non-hydrogen) atoms. The molecule has 25 heteroatoms. The molecule has 0 spiro atoms. The second-order valence-corrected chi connectivity index (χ2v) is 34.4. The molecule has 20 nitrogen and oxygen atoms in total. The first-order valence-electron chi connectivity index (χ1n) is 65.9. The van der Waals surface area contributed by atoms with Crippen LogP contribution in [0.5, 0.6) is 0 Å². The number of hydrogen-bond donors (Lipinski definition) is 0. The van der Waals surface area contributed by atoms with Crippen molar-refractivity contribution in [2.45, 2.75) is 191 Å². The third kappa shape index (κ3) is 27.6. The molecule has 10 aromatic rings. The van der Waals surface area contributed by atoms with E-state index in [4.69, 9.17) is 89.5 Å². The maximum Gasteiger partial charge on any atom is 0.229 e. The molecule has 5 saturated heterocycles. The fourth-order valence-electron chi connectivity index (χ4n) is 15.2. The lowest BCUT2D eigenvalue weighted by molar-refractivity contribution is -0.128. The van der Waals surface area contributed by atoms with Crippen LogP contribution < -0.4 is 24.5 Å². The van der Waals surface area contributed by atoms with E-state index in [1.165, 1.54) is 93.8 Å². The van der Waals surface area contributed by atoms with E-state index >= 15 is 0 Å². The third-order valence-electron chi connectivity index (χ3n) is 22.2. The van der Waals surface area contributed by atoms with E-state index in [9.17, 15) is 24.0 Å². The number of piperidine rings is 5. The Morgan fingerprint density at radius 2 is 0.538 bits per heavy atom. The lowest BCUT2D eigenvalue weighted by Gasteiger charge is -2.47. The molecule has 0 atom stereocenters. The highest BCUT2D eigenvalue weighted by Crippen LogP contribution is 2.41. The minimum absolute atomic E-state index is 0.0239. The van der Waals surface area contributed by atoms with Gasteiger partial charge in [-0.25, -0.2) is 0 Å². The Morgan fingerprint density at radius 1 is 0.308 bits per heavy atom. The first-order valence-corrected chi connectivity index (χ1v) is 46.3. The quantitative estimate of drug-likeness (QED) is 0.0344. The zero-order valence-corrected chi connectivity index (χ0v) is 77.4. The topological polar surface area (TPSA) is 164 Å². The summed E-state index contributed by atoms with van der Waals surface area (Å²) in [6.45, 7) is -1.34. The van der Waals surface area contributed by atoms with Crippen LogP contribution in [0.15, 0.2) is 239 Å². The zero-order valence-electron chi connectivity index (χ0n) is 121. The van der Waals surface area contributed by atoms with E-state index in [0.29, 0.717) is 30.9 Å². The molecular formula is C105H140N10O10S5. The van der Waals surface area contributed by atoms with Crippen molar-refractivity contribution in [3.8, 4) is 0 Å². The number of rotatable bonds is 35. The molecule has 10 heterocycles. The van der Waals surface area contributed by atoms with Crippen LogP contribution in [0.3, 0.4) is 0 Å². The normalized spacial score (nSPS) is 24.1. The van der Waals surface area contributed by atoms with E-state index in [1.54, 1.807) is 136 Å². The number of thiophene rings is 5. The number of hydrogen-bond acceptors (Lipinski definition) is 20. The van der Waals surface area contributed by atoms with Crippen LogP contribution in [-0.2, 0) is 79.5 Å². The van der Waals surface area contributed by atoms with Gasteiger partial charge >= 0.3 is 0 Å². The third-order valence-corrected chi connectivity index (χ3v) is 26.2. The lowest BCUT2D eigenvalue weighted by Crippen LogP contribution is -2.59. The van der Waals surface area contributed by atoms with Gasteiger partial charge in [-0.05, 0) is 150 Å². The number of amides is 5. The summed E-state index contributed by atoms with van der Waals surface area (Å²) in [5, 5.41) is 8.57. The van der Waals surface area contributed by atoms with Crippen LogP contribution in [0.25, 0.3) is 0 Å². The van der Waals surface area contributed by atoms with Gasteiger partial charge in [0.05, 0.1) is 32.9 Å². The molecule has 0 aliphatic carbocycles. The maximum absolute atomic E-state index is 13.5. The average molecular weight is 1910 g/mol. The highest BCUT2D eigenvalue weighted by molar-refractivity contribution is 7.11. The van der Waals surface area contributed by atoms with Crippen molar-refractivity contribution in [1.82, 2.24) is 24.5 Å². The molecule has 15 rings (SSSR count). The van der Waals surface area contributed by atoms with Gasteiger partial charge in [0.1, 0.15) is 28.6 Å². The van der Waals surface area contributed by atoms with Crippen LogP contribution in [0, 0.1) is 0 Å². The molecule has 0 N–H and O–H groups in total. The number of para-hydroxylation sites is 5. The van der Waals surface area contributed by atoms with Gasteiger partial charge in [-0.3, -0.25) is 48.5 Å². The van der Waals surface area contributed by atoms with E-state index in [-0.39, 0.29) is 159 Å². The van der Waals surface area contributed by atoms with Crippen molar-refractivity contribution in [2.75, 3.05) is 158 Å². The Hall–Kier alpha value is -8.45. The van der Waals surface area contributed by atoms with Crippen LogP contribution >= 0.6 is 56.7 Å². The van der Waals surface area contributed by atoms with E-state index in [0.717, 1.165) is 58.1 Å². The van der Waals surface area contributed by atoms with Gasteiger partial charge in [0.25, 0.3) is 0 Å². The highest BCUT2D eigenvalue weighted by Gasteiger charge is 2.48. The molecular weight excluding hydrogens is 1720 g/mol. The summed E-state index contributed by atoms with van der Waals surface area (Å²) in [6, 6.07) is 22.7. The molecule has 0 saturated carbocycles. The second-order valence-electron chi connectivity index (χ2n) is 29.6. The molecule has 0 bridgehead atoms. The van der Waals surface area contributed by atoms with Crippen molar-refractivity contribution in [1.29, 1.82) is 0 Å². The Labute approximate surface area is 862 Å². The summed E-state index contributed by atoms with van der Waals surface area (Å²) < 4.78 is 420. The molecule has 5 aliphatic rings. The average Bonchev–Trinajstić information content (AvgIpc) is 1.58. The number of likely N-dealkylation sites (tertiary alicyclic amines) is 5. The zero-order chi connectivity index (χ0) is 134. The molecule has 0 unspecified atom stereocenters. The van der Waals surface area contributed by atoms with E-state index in [2.05, 4.69) is 0 Å². The second kappa shape index (κ2) is 52.3. The minimum atomic E-state index is -3.10. The molecule has 5 aromatic carbocycles.